The average Bonchev–Trinajstić information content (AvgIpc) is 2.85. The fourth-order valence-electron chi connectivity index (χ4n) is 1.79. The molecule has 0 atom stereocenters. The van der Waals surface area contributed by atoms with Gasteiger partial charge in [0.1, 0.15) is 5.82 Å². The zero-order chi connectivity index (χ0) is 13.7. The maximum absolute atomic E-state index is 11.8. The van der Waals surface area contributed by atoms with Crippen molar-refractivity contribution in [1.82, 2.24) is 10.2 Å². The van der Waals surface area contributed by atoms with Crippen molar-refractivity contribution in [2.24, 2.45) is 0 Å². The Balaban J connectivity index is 2.04. The SMILES string of the molecule is CCc1cn[nH]c1NC(=O)/C=C/c1ccccc1C. The van der Waals surface area contributed by atoms with Gasteiger partial charge in [0.05, 0.1) is 6.20 Å². The molecule has 0 unspecified atom stereocenters. The highest BCUT2D eigenvalue weighted by atomic mass is 16.1. The van der Waals surface area contributed by atoms with Gasteiger partial charge in [0.2, 0.25) is 5.91 Å². The predicted molar refractivity (Wildman–Crippen MR) is 76.8 cm³/mol. The van der Waals surface area contributed by atoms with E-state index >= 15 is 0 Å². The van der Waals surface area contributed by atoms with Crippen LogP contribution in [0.3, 0.4) is 0 Å². The summed E-state index contributed by atoms with van der Waals surface area (Å²) in [6.45, 7) is 4.03. The first-order valence-electron chi connectivity index (χ1n) is 6.27. The van der Waals surface area contributed by atoms with E-state index in [0.29, 0.717) is 5.82 Å². The summed E-state index contributed by atoms with van der Waals surface area (Å²) in [6, 6.07) is 7.92. The third-order valence-corrected chi connectivity index (χ3v) is 2.95. The summed E-state index contributed by atoms with van der Waals surface area (Å²) < 4.78 is 0. The number of nitrogens with zero attached hydrogens (tertiary/aromatic N) is 1. The second-order valence-electron chi connectivity index (χ2n) is 4.30. The molecule has 2 rings (SSSR count). The van der Waals surface area contributed by atoms with Crippen LogP contribution in [-0.4, -0.2) is 16.1 Å². The standard InChI is InChI=1S/C15H17N3O/c1-3-12-10-16-18-15(12)17-14(19)9-8-13-7-5-4-6-11(13)2/h4-10H,3H2,1-2H3,(H2,16,17,18,19)/b9-8+. The van der Waals surface area contributed by atoms with Crippen LogP contribution in [0.1, 0.15) is 23.6 Å². The Kier molecular flexibility index (Phi) is 4.13. The Morgan fingerprint density at radius 2 is 2.21 bits per heavy atom. The van der Waals surface area contributed by atoms with Crippen molar-refractivity contribution in [3.63, 3.8) is 0 Å². The van der Waals surface area contributed by atoms with Crippen LogP contribution in [0.15, 0.2) is 36.5 Å². The minimum Gasteiger partial charge on any atom is -0.307 e. The summed E-state index contributed by atoms with van der Waals surface area (Å²) >= 11 is 0. The number of nitrogens with one attached hydrogen (secondary N) is 2. The molecule has 4 heteroatoms. The van der Waals surface area contributed by atoms with Gasteiger partial charge >= 0.3 is 0 Å². The molecular formula is C15H17N3O. The molecule has 0 saturated heterocycles. The van der Waals surface area contributed by atoms with Crippen LogP contribution in [-0.2, 0) is 11.2 Å². The topological polar surface area (TPSA) is 57.8 Å². The maximum Gasteiger partial charge on any atom is 0.249 e. The van der Waals surface area contributed by atoms with E-state index in [1.807, 2.05) is 44.2 Å². The Morgan fingerprint density at radius 1 is 1.42 bits per heavy atom. The minimum absolute atomic E-state index is 0.165. The molecule has 0 aliphatic rings. The highest BCUT2D eigenvalue weighted by molar-refractivity contribution is 6.01. The molecule has 1 heterocycles. The Bertz CT molecular complexity index is 599. The van der Waals surface area contributed by atoms with Crippen molar-refractivity contribution >= 4 is 17.8 Å². The van der Waals surface area contributed by atoms with Crippen molar-refractivity contribution in [3.05, 3.63) is 53.2 Å². The zero-order valence-electron chi connectivity index (χ0n) is 11.1. The van der Waals surface area contributed by atoms with Crippen LogP contribution < -0.4 is 5.32 Å². The van der Waals surface area contributed by atoms with E-state index in [-0.39, 0.29) is 5.91 Å². The number of H-pyrrole nitrogens is 1. The molecule has 2 N–H and O–H groups in total. The normalized spacial score (nSPS) is 10.8. The molecule has 4 nitrogen and oxygen atoms in total. The largest absolute Gasteiger partial charge is 0.307 e. The predicted octanol–water partition coefficient (Wildman–Crippen LogP) is 2.93. The first-order chi connectivity index (χ1) is 9.20. The number of aryl methyl sites for hydroxylation is 2. The van der Waals surface area contributed by atoms with Gasteiger partial charge in [-0.1, -0.05) is 31.2 Å². The number of aromatic nitrogens is 2. The molecule has 98 valence electrons. The Morgan fingerprint density at radius 3 is 2.95 bits per heavy atom. The lowest BCUT2D eigenvalue weighted by Gasteiger charge is -2.01. The highest BCUT2D eigenvalue weighted by Crippen LogP contribution is 2.12. The first-order valence-corrected chi connectivity index (χ1v) is 6.27. The van der Waals surface area contributed by atoms with E-state index in [2.05, 4.69) is 15.5 Å². The van der Waals surface area contributed by atoms with E-state index in [1.165, 1.54) is 6.08 Å². The fraction of sp³-hybridized carbons (Fsp3) is 0.200. The Labute approximate surface area is 112 Å². The minimum atomic E-state index is -0.165. The summed E-state index contributed by atoms with van der Waals surface area (Å²) in [7, 11) is 0. The number of carbonyl (C=O) groups is 1. The van der Waals surface area contributed by atoms with E-state index < -0.39 is 0 Å². The third-order valence-electron chi connectivity index (χ3n) is 2.95. The summed E-state index contributed by atoms with van der Waals surface area (Å²) in [6.07, 6.45) is 5.89. The van der Waals surface area contributed by atoms with E-state index in [9.17, 15) is 4.79 Å². The number of rotatable bonds is 4. The first kappa shape index (κ1) is 13.1. The smallest absolute Gasteiger partial charge is 0.249 e. The number of aromatic amines is 1. The molecule has 0 spiro atoms. The molecule has 0 bridgehead atoms. The number of benzene rings is 1. The summed E-state index contributed by atoms with van der Waals surface area (Å²) in [5.41, 5.74) is 3.18. The van der Waals surface area contributed by atoms with Crippen LogP contribution in [0.5, 0.6) is 0 Å². The van der Waals surface area contributed by atoms with E-state index in [1.54, 1.807) is 6.20 Å². The quantitative estimate of drug-likeness (QED) is 0.825. The number of hydrogen-bond acceptors (Lipinski definition) is 2. The second-order valence-corrected chi connectivity index (χ2v) is 4.30. The molecule has 0 fully saturated rings. The number of amides is 1. The third kappa shape index (κ3) is 3.31. The lowest BCUT2D eigenvalue weighted by Crippen LogP contribution is -2.09. The van der Waals surface area contributed by atoms with Crippen molar-refractivity contribution in [1.29, 1.82) is 0 Å². The van der Waals surface area contributed by atoms with Crippen LogP contribution in [0.4, 0.5) is 5.82 Å². The van der Waals surface area contributed by atoms with Gasteiger partial charge in [-0.3, -0.25) is 9.89 Å². The molecule has 0 aliphatic carbocycles. The van der Waals surface area contributed by atoms with Crippen molar-refractivity contribution in [2.45, 2.75) is 20.3 Å². The summed E-state index contributed by atoms with van der Waals surface area (Å²) in [5, 5.41) is 9.48. The molecule has 2 aromatic rings. The lowest BCUT2D eigenvalue weighted by molar-refractivity contribution is -0.111. The van der Waals surface area contributed by atoms with Crippen molar-refractivity contribution in [2.75, 3.05) is 5.32 Å². The second kappa shape index (κ2) is 6.00. The van der Waals surface area contributed by atoms with E-state index in [0.717, 1.165) is 23.1 Å². The van der Waals surface area contributed by atoms with Gasteiger partial charge in [-0.2, -0.15) is 5.10 Å². The van der Waals surface area contributed by atoms with Crippen molar-refractivity contribution < 1.29 is 4.79 Å². The van der Waals surface area contributed by atoms with Gasteiger partial charge in [-0.15, -0.1) is 0 Å². The number of anilines is 1. The molecule has 1 aromatic heterocycles. The van der Waals surface area contributed by atoms with E-state index in [4.69, 9.17) is 0 Å². The average molecular weight is 255 g/mol. The number of carbonyl (C=O) groups excluding carboxylic acids is 1. The maximum atomic E-state index is 11.8. The molecule has 19 heavy (non-hydrogen) atoms. The van der Waals surface area contributed by atoms with Crippen LogP contribution in [0, 0.1) is 6.92 Å². The zero-order valence-corrected chi connectivity index (χ0v) is 11.1. The van der Waals surface area contributed by atoms with Crippen LogP contribution >= 0.6 is 0 Å². The highest BCUT2D eigenvalue weighted by Gasteiger charge is 2.05. The monoisotopic (exact) mass is 255 g/mol. The lowest BCUT2D eigenvalue weighted by atomic mass is 10.1. The molecule has 0 aliphatic heterocycles. The van der Waals surface area contributed by atoms with Gasteiger partial charge < -0.3 is 5.32 Å². The van der Waals surface area contributed by atoms with Gasteiger partial charge in [0.25, 0.3) is 0 Å². The summed E-state index contributed by atoms with van der Waals surface area (Å²) in [4.78, 5) is 11.8. The van der Waals surface area contributed by atoms with Crippen LogP contribution in [0.2, 0.25) is 0 Å². The van der Waals surface area contributed by atoms with Crippen molar-refractivity contribution in [3.8, 4) is 0 Å². The fourth-order valence-corrected chi connectivity index (χ4v) is 1.79. The molecule has 1 amide bonds. The van der Waals surface area contributed by atoms with Gasteiger partial charge in [-0.05, 0) is 30.5 Å². The molecule has 0 saturated carbocycles. The van der Waals surface area contributed by atoms with Gasteiger partial charge in [-0.25, -0.2) is 0 Å². The van der Waals surface area contributed by atoms with Gasteiger partial charge in [0, 0.05) is 11.6 Å². The molecule has 1 aromatic carbocycles. The van der Waals surface area contributed by atoms with Crippen LogP contribution in [0.25, 0.3) is 6.08 Å². The molecule has 0 radical (unpaired) electrons. The number of hydrogen-bond donors (Lipinski definition) is 2. The Hall–Kier alpha value is -2.36. The molecular weight excluding hydrogens is 238 g/mol. The van der Waals surface area contributed by atoms with Gasteiger partial charge in [0.15, 0.2) is 0 Å². The summed E-state index contributed by atoms with van der Waals surface area (Å²) in [5.74, 6) is 0.504.